The maximum atomic E-state index is 13.3. The van der Waals surface area contributed by atoms with E-state index in [1.54, 1.807) is 36.7 Å². The lowest BCUT2D eigenvalue weighted by Gasteiger charge is -2.55. The van der Waals surface area contributed by atoms with Gasteiger partial charge in [-0.25, -0.2) is 9.67 Å². The van der Waals surface area contributed by atoms with Crippen molar-refractivity contribution in [2.45, 2.75) is 101 Å². The molecule has 308 valence electrons. The second kappa shape index (κ2) is 16.0. The zero-order valence-corrected chi connectivity index (χ0v) is 33.7. The number of hydrogen-bond acceptors (Lipinski definition) is 11. The molecule has 9 rings (SSSR count). The molecule has 2 saturated carbocycles. The predicted molar refractivity (Wildman–Crippen MR) is 215 cm³/mol. The highest BCUT2D eigenvalue weighted by molar-refractivity contribution is 6.31. The Hall–Kier alpha value is -5.33. The summed E-state index contributed by atoms with van der Waals surface area (Å²) in [6.45, 7) is 5.04. The fraction of sp³-hybridized carbons (Fsp3) is 0.535. The van der Waals surface area contributed by atoms with Crippen molar-refractivity contribution in [2.24, 2.45) is 11.3 Å². The van der Waals surface area contributed by atoms with Crippen LogP contribution in [-0.2, 0) is 9.59 Å². The van der Waals surface area contributed by atoms with Crippen LogP contribution in [0, 0.1) is 22.7 Å². The number of rotatable bonds is 9. The lowest BCUT2D eigenvalue weighted by Crippen LogP contribution is -2.60. The van der Waals surface area contributed by atoms with Gasteiger partial charge in [-0.15, -0.1) is 5.10 Å². The largest absolute Gasteiger partial charge is 0.490 e. The molecule has 5 amide bonds. The molecule has 3 aromatic rings. The molecule has 1 spiro atoms. The van der Waals surface area contributed by atoms with E-state index in [-0.39, 0.29) is 54.1 Å². The fourth-order valence-corrected chi connectivity index (χ4v) is 10.3. The zero-order chi connectivity index (χ0) is 40.8. The van der Waals surface area contributed by atoms with Crippen LogP contribution in [0.5, 0.6) is 5.75 Å². The highest BCUT2D eigenvalue weighted by Crippen LogP contribution is 2.44. The van der Waals surface area contributed by atoms with Crippen LogP contribution in [0.1, 0.15) is 120 Å². The molecule has 59 heavy (non-hydrogen) atoms. The quantitative estimate of drug-likeness (QED) is 0.287. The van der Waals surface area contributed by atoms with E-state index in [1.807, 2.05) is 10.7 Å². The first-order chi connectivity index (χ1) is 28.5. The highest BCUT2D eigenvalue weighted by Gasteiger charge is 2.47. The van der Waals surface area contributed by atoms with E-state index in [0.29, 0.717) is 33.4 Å². The first-order valence-electron chi connectivity index (χ1n) is 21.0. The third-order valence-corrected chi connectivity index (χ3v) is 13.9. The van der Waals surface area contributed by atoms with Gasteiger partial charge >= 0.3 is 0 Å². The summed E-state index contributed by atoms with van der Waals surface area (Å²) in [7, 11) is 0. The molecule has 2 aromatic carbocycles. The number of nitriles is 1. The minimum absolute atomic E-state index is 0.0253. The maximum absolute atomic E-state index is 13.3. The molecule has 2 aliphatic carbocycles. The van der Waals surface area contributed by atoms with Crippen molar-refractivity contribution in [3.05, 3.63) is 70.3 Å². The van der Waals surface area contributed by atoms with Gasteiger partial charge in [0.15, 0.2) is 0 Å². The number of hydrogen-bond donors (Lipinski definition) is 2. The molecule has 3 saturated heterocycles. The first-order valence-corrected chi connectivity index (χ1v) is 21.3. The van der Waals surface area contributed by atoms with Gasteiger partial charge in [-0.05, 0) is 120 Å². The van der Waals surface area contributed by atoms with E-state index in [1.165, 1.54) is 0 Å². The van der Waals surface area contributed by atoms with Crippen molar-refractivity contribution in [3.8, 4) is 11.8 Å². The Labute approximate surface area is 347 Å². The number of imide groups is 2. The fourth-order valence-electron chi connectivity index (χ4n) is 10.1. The number of amides is 5. The Kier molecular flexibility index (Phi) is 10.6. The summed E-state index contributed by atoms with van der Waals surface area (Å²) in [5.74, 6) is -0.695. The number of benzene rings is 2. The van der Waals surface area contributed by atoms with Gasteiger partial charge in [-0.3, -0.25) is 34.2 Å². The minimum Gasteiger partial charge on any atom is -0.490 e. The predicted octanol–water partition coefficient (Wildman–Crippen LogP) is 4.66. The molecule has 5 heterocycles. The molecule has 0 bridgehead atoms. The Bertz CT molecular complexity index is 2210. The molecule has 4 aliphatic heterocycles. The van der Waals surface area contributed by atoms with Gasteiger partial charge < -0.3 is 19.9 Å². The summed E-state index contributed by atoms with van der Waals surface area (Å²) in [5, 5.41) is 19.5. The summed E-state index contributed by atoms with van der Waals surface area (Å²) in [6.07, 6.45) is 11.6. The summed E-state index contributed by atoms with van der Waals surface area (Å²) in [4.78, 5) is 73.9. The number of halogens is 1. The lowest BCUT2D eigenvalue weighted by atomic mass is 9.71. The number of nitrogens with zero attached hydrogens (tertiary/aromatic N) is 7. The molecular formula is C43H48ClN9O6. The van der Waals surface area contributed by atoms with Crippen LogP contribution in [0.15, 0.2) is 42.7 Å². The maximum Gasteiger partial charge on any atom is 0.291 e. The molecule has 0 radical (unpaired) electrons. The summed E-state index contributed by atoms with van der Waals surface area (Å²) in [6, 6.07) is 11.9. The molecule has 16 heteroatoms. The number of carbonyl (C=O) groups is 5. The Morgan fingerprint density at radius 1 is 0.932 bits per heavy atom. The van der Waals surface area contributed by atoms with Crippen LogP contribution in [-0.4, -0.2) is 105 Å². The van der Waals surface area contributed by atoms with Gasteiger partial charge in [-0.1, -0.05) is 11.6 Å². The second-order valence-electron chi connectivity index (χ2n) is 17.4. The second-order valence-corrected chi connectivity index (χ2v) is 17.8. The van der Waals surface area contributed by atoms with Crippen LogP contribution in [0.25, 0.3) is 0 Å². The standard InChI is InChI=1S/C43H48ClN9O6/c44-35-20-32(9-3-27(35)21-45)59-31-10-4-28(5-11-31)47-40(56)38-46-25-52(49-38)29-6-1-26(2-7-29)22-50-17-15-43(16-18-50)23-51(24-43)30-8-12-33-34(19-30)42(58)53(41(33)57)36-13-14-37(54)48-39(36)55/h3,8-9,12,19-20,25-26,28-29,31,36H,1-2,4-7,10-11,13-18,22-24H2,(H,47,56)(H,48,54,55)/t26-,28-,29-,31-,36?. The number of fused-ring (bicyclic) bond motifs is 1. The van der Waals surface area contributed by atoms with Gasteiger partial charge in [0, 0.05) is 49.3 Å². The number of ether oxygens (including phenoxy) is 1. The normalized spacial score (nSPS) is 26.9. The molecular weight excluding hydrogens is 774 g/mol. The van der Waals surface area contributed by atoms with Crippen molar-refractivity contribution in [2.75, 3.05) is 37.6 Å². The van der Waals surface area contributed by atoms with E-state index >= 15 is 0 Å². The number of likely N-dealkylation sites (tertiary alicyclic amines) is 1. The van der Waals surface area contributed by atoms with E-state index < -0.39 is 23.8 Å². The SMILES string of the molecule is N#Cc1ccc(O[C@H]2CC[C@H](NC(=O)c3ncn([C@H]4CC[C@H](CN5CCC6(CC5)CN(c5ccc7c(c5)C(=O)N(C5CCC(=O)NC5=O)C7=O)C6)CC4)n3)CC2)cc1Cl. The van der Waals surface area contributed by atoms with Crippen LogP contribution >= 0.6 is 11.6 Å². The summed E-state index contributed by atoms with van der Waals surface area (Å²) in [5.41, 5.74) is 2.21. The van der Waals surface area contributed by atoms with Gasteiger partial charge in [0.2, 0.25) is 17.6 Å². The monoisotopic (exact) mass is 821 g/mol. The van der Waals surface area contributed by atoms with Crippen molar-refractivity contribution in [3.63, 3.8) is 0 Å². The van der Waals surface area contributed by atoms with Crippen LogP contribution < -0.4 is 20.3 Å². The van der Waals surface area contributed by atoms with Crippen LogP contribution in [0.2, 0.25) is 5.02 Å². The molecule has 1 aromatic heterocycles. The van der Waals surface area contributed by atoms with Crippen molar-refractivity contribution in [1.82, 2.24) is 35.2 Å². The Balaban J connectivity index is 0.687. The molecule has 1 atom stereocenters. The van der Waals surface area contributed by atoms with Gasteiger partial charge in [0.1, 0.15) is 24.2 Å². The third kappa shape index (κ3) is 7.92. The topological polar surface area (TPSA) is 183 Å². The average molecular weight is 822 g/mol. The average Bonchev–Trinajstić information content (AvgIpc) is 3.81. The molecule has 2 N–H and O–H groups in total. The van der Waals surface area contributed by atoms with Crippen LogP contribution in [0.4, 0.5) is 5.69 Å². The van der Waals surface area contributed by atoms with Crippen LogP contribution in [0.3, 0.4) is 0 Å². The number of piperidine rings is 2. The van der Waals surface area contributed by atoms with E-state index in [9.17, 15) is 24.0 Å². The van der Waals surface area contributed by atoms with E-state index in [2.05, 4.69) is 36.6 Å². The summed E-state index contributed by atoms with van der Waals surface area (Å²) >= 11 is 6.16. The molecule has 1 unspecified atom stereocenters. The molecule has 5 fully saturated rings. The van der Waals surface area contributed by atoms with Gasteiger partial charge in [0.25, 0.3) is 17.7 Å². The minimum atomic E-state index is -0.965. The Morgan fingerprint density at radius 2 is 1.68 bits per heavy atom. The van der Waals surface area contributed by atoms with Gasteiger partial charge in [0.05, 0.1) is 33.9 Å². The zero-order valence-electron chi connectivity index (χ0n) is 32.9. The summed E-state index contributed by atoms with van der Waals surface area (Å²) < 4.78 is 7.98. The van der Waals surface area contributed by atoms with Crippen molar-refractivity contribution < 1.29 is 28.7 Å². The molecule has 6 aliphatic rings. The number of carbonyl (C=O) groups excluding carboxylic acids is 5. The highest BCUT2D eigenvalue weighted by atomic mass is 35.5. The van der Waals surface area contributed by atoms with E-state index in [0.717, 1.165) is 108 Å². The first kappa shape index (κ1) is 39.1. The number of aromatic nitrogens is 3. The van der Waals surface area contributed by atoms with Crippen molar-refractivity contribution >= 4 is 46.8 Å². The molecule has 15 nitrogen and oxygen atoms in total. The van der Waals surface area contributed by atoms with E-state index in [4.69, 9.17) is 21.6 Å². The van der Waals surface area contributed by atoms with Crippen molar-refractivity contribution in [1.29, 1.82) is 5.26 Å². The Morgan fingerprint density at radius 3 is 2.39 bits per heavy atom. The lowest BCUT2D eigenvalue weighted by molar-refractivity contribution is -0.136. The number of anilines is 1. The smallest absolute Gasteiger partial charge is 0.291 e. The third-order valence-electron chi connectivity index (χ3n) is 13.5. The number of nitrogens with one attached hydrogen (secondary N) is 2. The van der Waals surface area contributed by atoms with Gasteiger partial charge in [-0.2, -0.15) is 5.26 Å².